The minimum absolute atomic E-state index is 0.0920. The van der Waals surface area contributed by atoms with E-state index in [1.807, 2.05) is 0 Å². The van der Waals surface area contributed by atoms with Crippen LogP contribution in [0.1, 0.15) is 47.0 Å². The zero-order chi connectivity index (χ0) is 11.7. The number of nitrogens with one attached hydrogen (secondary N) is 1. The number of rotatable bonds is 4. The standard InChI is InChI=1S/C12H22BrNO/c1-9(11(2,3)4)7-10(15)14-12(8-13)5-6-12/h9H,5-8H2,1-4H3,(H,14,15). The van der Waals surface area contributed by atoms with Gasteiger partial charge in [-0.3, -0.25) is 4.79 Å². The molecular formula is C12H22BrNO. The van der Waals surface area contributed by atoms with Gasteiger partial charge in [0.25, 0.3) is 0 Å². The first-order chi connectivity index (χ1) is 6.79. The predicted molar refractivity (Wildman–Crippen MR) is 67.1 cm³/mol. The van der Waals surface area contributed by atoms with Crippen molar-refractivity contribution in [1.29, 1.82) is 0 Å². The summed E-state index contributed by atoms with van der Waals surface area (Å²) in [5, 5.41) is 4.02. The van der Waals surface area contributed by atoms with E-state index in [9.17, 15) is 4.79 Å². The van der Waals surface area contributed by atoms with Crippen molar-refractivity contribution in [3.8, 4) is 0 Å². The maximum absolute atomic E-state index is 11.8. The van der Waals surface area contributed by atoms with Gasteiger partial charge in [-0.25, -0.2) is 0 Å². The molecular weight excluding hydrogens is 254 g/mol. The van der Waals surface area contributed by atoms with Crippen LogP contribution in [0.25, 0.3) is 0 Å². The Morgan fingerprint density at radius 1 is 1.47 bits per heavy atom. The van der Waals surface area contributed by atoms with Crippen molar-refractivity contribution in [1.82, 2.24) is 5.32 Å². The smallest absolute Gasteiger partial charge is 0.220 e. The average molecular weight is 276 g/mol. The van der Waals surface area contributed by atoms with Crippen molar-refractivity contribution in [3.63, 3.8) is 0 Å². The molecule has 1 unspecified atom stereocenters. The van der Waals surface area contributed by atoms with Crippen LogP contribution in [0, 0.1) is 11.3 Å². The summed E-state index contributed by atoms with van der Waals surface area (Å²) in [6, 6.07) is 0. The fraction of sp³-hybridized carbons (Fsp3) is 0.917. The predicted octanol–water partition coefficient (Wildman–Crippen LogP) is 3.10. The van der Waals surface area contributed by atoms with E-state index in [0.29, 0.717) is 12.3 Å². The van der Waals surface area contributed by atoms with Crippen LogP contribution in [0.5, 0.6) is 0 Å². The maximum Gasteiger partial charge on any atom is 0.220 e. The number of hydrogen-bond acceptors (Lipinski definition) is 1. The van der Waals surface area contributed by atoms with E-state index < -0.39 is 0 Å². The third-order valence-electron chi connectivity index (χ3n) is 3.48. The van der Waals surface area contributed by atoms with Gasteiger partial charge in [0.15, 0.2) is 0 Å². The first-order valence-electron chi connectivity index (χ1n) is 5.66. The van der Waals surface area contributed by atoms with E-state index >= 15 is 0 Å². The number of carbonyl (C=O) groups is 1. The fourth-order valence-electron chi connectivity index (χ4n) is 1.37. The summed E-state index contributed by atoms with van der Waals surface area (Å²) in [5.41, 5.74) is 0.303. The van der Waals surface area contributed by atoms with Gasteiger partial charge in [0.2, 0.25) is 5.91 Å². The van der Waals surface area contributed by atoms with Gasteiger partial charge in [-0.05, 0) is 24.2 Å². The van der Waals surface area contributed by atoms with Gasteiger partial charge in [0.05, 0.1) is 0 Å². The molecule has 88 valence electrons. The molecule has 1 saturated carbocycles. The largest absolute Gasteiger partial charge is 0.350 e. The lowest BCUT2D eigenvalue weighted by Crippen LogP contribution is -2.39. The summed E-state index contributed by atoms with van der Waals surface area (Å²) in [5.74, 6) is 0.623. The summed E-state index contributed by atoms with van der Waals surface area (Å²) in [6.45, 7) is 8.69. The Kier molecular flexibility index (Phi) is 3.85. The van der Waals surface area contributed by atoms with Crippen LogP contribution in [0.2, 0.25) is 0 Å². The lowest BCUT2D eigenvalue weighted by Gasteiger charge is -2.27. The molecule has 2 nitrogen and oxygen atoms in total. The topological polar surface area (TPSA) is 29.1 Å². The molecule has 0 radical (unpaired) electrons. The summed E-state index contributed by atoms with van der Waals surface area (Å²) in [6.07, 6.45) is 2.88. The van der Waals surface area contributed by atoms with Crippen molar-refractivity contribution in [2.24, 2.45) is 11.3 Å². The van der Waals surface area contributed by atoms with E-state index in [2.05, 4.69) is 48.9 Å². The number of amides is 1. The Labute approximate surface area is 101 Å². The molecule has 0 aromatic heterocycles. The van der Waals surface area contributed by atoms with Gasteiger partial charge in [-0.1, -0.05) is 43.6 Å². The van der Waals surface area contributed by atoms with E-state index in [-0.39, 0.29) is 16.9 Å². The monoisotopic (exact) mass is 275 g/mol. The molecule has 1 atom stereocenters. The van der Waals surface area contributed by atoms with Gasteiger partial charge in [-0.15, -0.1) is 0 Å². The van der Waals surface area contributed by atoms with Crippen molar-refractivity contribution in [2.75, 3.05) is 5.33 Å². The van der Waals surface area contributed by atoms with E-state index in [4.69, 9.17) is 0 Å². The van der Waals surface area contributed by atoms with Crippen molar-refractivity contribution >= 4 is 21.8 Å². The Hall–Kier alpha value is -0.0500. The number of halogens is 1. The SMILES string of the molecule is CC(CC(=O)NC1(CBr)CC1)C(C)(C)C. The van der Waals surface area contributed by atoms with Gasteiger partial charge in [0, 0.05) is 17.3 Å². The highest BCUT2D eigenvalue weighted by Gasteiger charge is 2.43. The molecule has 1 rings (SSSR count). The fourth-order valence-corrected chi connectivity index (χ4v) is 2.07. The molecule has 0 spiro atoms. The quantitative estimate of drug-likeness (QED) is 0.785. The van der Waals surface area contributed by atoms with Crippen LogP contribution in [-0.4, -0.2) is 16.8 Å². The number of hydrogen-bond donors (Lipinski definition) is 1. The molecule has 0 aromatic carbocycles. The zero-order valence-corrected chi connectivity index (χ0v) is 11.8. The molecule has 1 amide bonds. The molecule has 1 N–H and O–H groups in total. The minimum Gasteiger partial charge on any atom is -0.350 e. The Bertz CT molecular complexity index is 240. The van der Waals surface area contributed by atoms with E-state index in [1.54, 1.807) is 0 Å². The molecule has 1 aliphatic rings. The molecule has 1 aliphatic carbocycles. The summed E-state index contributed by atoms with van der Waals surface area (Å²) < 4.78 is 0. The zero-order valence-electron chi connectivity index (χ0n) is 10.2. The van der Waals surface area contributed by atoms with Crippen LogP contribution in [0.3, 0.4) is 0 Å². The van der Waals surface area contributed by atoms with Crippen LogP contribution >= 0.6 is 15.9 Å². The highest BCUT2D eigenvalue weighted by Crippen LogP contribution is 2.37. The molecule has 0 aromatic rings. The van der Waals surface area contributed by atoms with Crippen molar-refractivity contribution in [3.05, 3.63) is 0 Å². The average Bonchev–Trinajstić information content (AvgIpc) is 2.83. The molecule has 1 fully saturated rings. The summed E-state index contributed by atoms with van der Waals surface area (Å²) >= 11 is 3.45. The normalized spacial score (nSPS) is 20.9. The van der Waals surface area contributed by atoms with Gasteiger partial charge in [0.1, 0.15) is 0 Å². The third kappa shape index (κ3) is 3.78. The lowest BCUT2D eigenvalue weighted by molar-refractivity contribution is -0.123. The first kappa shape index (κ1) is 13.0. The Morgan fingerprint density at radius 2 is 2.00 bits per heavy atom. The molecule has 0 heterocycles. The highest BCUT2D eigenvalue weighted by atomic mass is 79.9. The first-order valence-corrected chi connectivity index (χ1v) is 6.78. The molecule has 0 bridgehead atoms. The maximum atomic E-state index is 11.8. The number of alkyl halides is 1. The second-order valence-corrected chi connectivity index (χ2v) is 6.49. The van der Waals surface area contributed by atoms with Crippen LogP contribution < -0.4 is 5.32 Å². The third-order valence-corrected chi connectivity index (χ3v) is 4.56. The van der Waals surface area contributed by atoms with Gasteiger partial charge < -0.3 is 5.32 Å². The summed E-state index contributed by atoms with van der Waals surface area (Å²) in [7, 11) is 0. The minimum atomic E-state index is 0.0920. The van der Waals surface area contributed by atoms with Crippen LogP contribution in [0.15, 0.2) is 0 Å². The highest BCUT2D eigenvalue weighted by molar-refractivity contribution is 9.09. The van der Waals surface area contributed by atoms with E-state index in [1.165, 1.54) is 0 Å². The molecule has 0 saturated heterocycles. The molecule has 0 aliphatic heterocycles. The van der Waals surface area contributed by atoms with E-state index in [0.717, 1.165) is 18.2 Å². The Morgan fingerprint density at radius 3 is 2.33 bits per heavy atom. The van der Waals surface area contributed by atoms with Crippen molar-refractivity contribution < 1.29 is 4.79 Å². The second-order valence-electron chi connectivity index (χ2n) is 5.93. The van der Waals surface area contributed by atoms with Gasteiger partial charge >= 0.3 is 0 Å². The Balaban J connectivity index is 2.36. The van der Waals surface area contributed by atoms with Crippen molar-refractivity contribution in [2.45, 2.75) is 52.5 Å². The summed E-state index contributed by atoms with van der Waals surface area (Å²) in [4.78, 5) is 11.8. The van der Waals surface area contributed by atoms with Gasteiger partial charge in [-0.2, -0.15) is 0 Å². The van der Waals surface area contributed by atoms with Crippen LogP contribution in [0.4, 0.5) is 0 Å². The lowest BCUT2D eigenvalue weighted by atomic mass is 9.80. The van der Waals surface area contributed by atoms with Crippen LogP contribution in [-0.2, 0) is 4.79 Å². The second kappa shape index (κ2) is 4.44. The molecule has 15 heavy (non-hydrogen) atoms. The molecule has 3 heteroatoms. The number of carbonyl (C=O) groups excluding carboxylic acids is 1.